The van der Waals surface area contributed by atoms with E-state index in [1.165, 1.54) is 0 Å². The van der Waals surface area contributed by atoms with Crippen LogP contribution in [0.15, 0.2) is 36.4 Å². The lowest BCUT2D eigenvalue weighted by Crippen LogP contribution is -1.99. The first-order valence-electron chi connectivity index (χ1n) is 5.04. The van der Waals surface area contributed by atoms with Gasteiger partial charge in [-0.25, -0.2) is 8.78 Å². The molecule has 0 heterocycles. The first kappa shape index (κ1) is 11.9. The molecule has 2 aromatic carbocycles. The fourth-order valence-corrected chi connectivity index (χ4v) is 1.81. The lowest BCUT2D eigenvalue weighted by Gasteiger charge is -2.08. The van der Waals surface area contributed by atoms with Crippen LogP contribution in [0.2, 0.25) is 5.02 Å². The molecular weight excluding hydrogens is 244 g/mol. The van der Waals surface area contributed by atoms with Crippen LogP contribution >= 0.6 is 11.6 Å². The summed E-state index contributed by atoms with van der Waals surface area (Å²) in [6, 6.07) is 9.29. The molecule has 4 heteroatoms. The second kappa shape index (κ2) is 4.72. The van der Waals surface area contributed by atoms with Crippen molar-refractivity contribution in [1.29, 1.82) is 0 Å². The first-order valence-corrected chi connectivity index (χ1v) is 5.42. The number of benzene rings is 2. The number of nitrogens with two attached hydrogens (primary N) is 1. The molecule has 0 spiro atoms. The standard InChI is InChI=1S/C13H10ClF2N/c14-10-4-2-1-3-8(10)5-9-6-11(15)12(16)7-13(9)17/h1-4,6-7H,5,17H2. The molecule has 2 aromatic rings. The topological polar surface area (TPSA) is 26.0 Å². The molecular formula is C13H10ClF2N. The molecule has 2 rings (SSSR count). The van der Waals surface area contributed by atoms with Crippen LogP contribution < -0.4 is 5.73 Å². The molecule has 0 aliphatic rings. The highest BCUT2D eigenvalue weighted by molar-refractivity contribution is 6.31. The van der Waals surface area contributed by atoms with Gasteiger partial charge >= 0.3 is 0 Å². The molecule has 0 aliphatic carbocycles. The predicted molar refractivity (Wildman–Crippen MR) is 65.0 cm³/mol. The van der Waals surface area contributed by atoms with E-state index in [4.69, 9.17) is 17.3 Å². The zero-order chi connectivity index (χ0) is 12.4. The van der Waals surface area contributed by atoms with Crippen LogP contribution in [0.4, 0.5) is 14.5 Å². The van der Waals surface area contributed by atoms with Gasteiger partial charge in [0.05, 0.1) is 0 Å². The van der Waals surface area contributed by atoms with Gasteiger partial charge in [0, 0.05) is 23.2 Å². The maximum Gasteiger partial charge on any atom is 0.160 e. The molecule has 0 saturated carbocycles. The van der Waals surface area contributed by atoms with E-state index < -0.39 is 11.6 Å². The van der Waals surface area contributed by atoms with E-state index in [1.54, 1.807) is 12.1 Å². The number of nitrogen functional groups attached to an aromatic ring is 1. The molecule has 0 unspecified atom stereocenters. The molecule has 0 aromatic heterocycles. The highest BCUT2D eigenvalue weighted by Crippen LogP contribution is 2.23. The molecule has 1 nitrogen and oxygen atoms in total. The van der Waals surface area contributed by atoms with Gasteiger partial charge in [-0.3, -0.25) is 0 Å². The Kier molecular flexibility index (Phi) is 3.29. The van der Waals surface area contributed by atoms with Gasteiger partial charge < -0.3 is 5.73 Å². The molecule has 0 aliphatic heterocycles. The van der Waals surface area contributed by atoms with Crippen molar-refractivity contribution in [3.63, 3.8) is 0 Å². The van der Waals surface area contributed by atoms with E-state index >= 15 is 0 Å². The summed E-state index contributed by atoms with van der Waals surface area (Å²) in [7, 11) is 0. The third-order valence-corrected chi connectivity index (χ3v) is 2.89. The summed E-state index contributed by atoms with van der Waals surface area (Å²) in [6.07, 6.45) is 0.378. The van der Waals surface area contributed by atoms with Gasteiger partial charge in [-0.15, -0.1) is 0 Å². The zero-order valence-electron chi connectivity index (χ0n) is 8.88. The Morgan fingerprint density at radius 1 is 1.00 bits per heavy atom. The maximum atomic E-state index is 13.1. The average Bonchev–Trinajstić information content (AvgIpc) is 2.29. The first-order chi connectivity index (χ1) is 8.08. The monoisotopic (exact) mass is 253 g/mol. The van der Waals surface area contributed by atoms with Crippen molar-refractivity contribution in [2.45, 2.75) is 6.42 Å². The van der Waals surface area contributed by atoms with Crippen molar-refractivity contribution in [2.24, 2.45) is 0 Å². The van der Waals surface area contributed by atoms with Gasteiger partial charge in [0.2, 0.25) is 0 Å². The largest absolute Gasteiger partial charge is 0.398 e. The molecule has 0 radical (unpaired) electrons. The number of halogens is 3. The van der Waals surface area contributed by atoms with Crippen LogP contribution in [-0.4, -0.2) is 0 Å². The normalized spacial score (nSPS) is 10.5. The summed E-state index contributed by atoms with van der Waals surface area (Å²) in [4.78, 5) is 0. The molecule has 2 N–H and O–H groups in total. The smallest absolute Gasteiger partial charge is 0.160 e. The Balaban J connectivity index is 2.37. The molecule has 0 atom stereocenters. The quantitative estimate of drug-likeness (QED) is 0.810. The Morgan fingerprint density at radius 2 is 1.65 bits per heavy atom. The third-order valence-electron chi connectivity index (χ3n) is 2.52. The van der Waals surface area contributed by atoms with Crippen LogP contribution in [0.1, 0.15) is 11.1 Å². The molecule has 88 valence electrons. The summed E-state index contributed by atoms with van der Waals surface area (Å²) in [6.45, 7) is 0. The maximum absolute atomic E-state index is 13.1. The zero-order valence-corrected chi connectivity index (χ0v) is 9.64. The summed E-state index contributed by atoms with van der Waals surface area (Å²) in [5.74, 6) is -1.84. The number of anilines is 1. The molecule has 17 heavy (non-hydrogen) atoms. The summed E-state index contributed by atoms with van der Waals surface area (Å²) >= 11 is 5.99. The van der Waals surface area contributed by atoms with Crippen molar-refractivity contribution in [1.82, 2.24) is 0 Å². The SMILES string of the molecule is Nc1cc(F)c(F)cc1Cc1ccccc1Cl. The van der Waals surface area contributed by atoms with Crippen LogP contribution in [0.3, 0.4) is 0 Å². The van der Waals surface area contributed by atoms with Gasteiger partial charge in [0.25, 0.3) is 0 Å². The van der Waals surface area contributed by atoms with Gasteiger partial charge in [-0.05, 0) is 23.3 Å². The van der Waals surface area contributed by atoms with Gasteiger partial charge in [0.15, 0.2) is 11.6 Å². The Labute approximate surface area is 103 Å². The lowest BCUT2D eigenvalue weighted by atomic mass is 10.0. The molecule has 0 saturated heterocycles. The summed E-state index contributed by atoms with van der Waals surface area (Å²) in [5.41, 5.74) is 7.22. The summed E-state index contributed by atoms with van der Waals surface area (Å²) in [5, 5.41) is 0.580. The van der Waals surface area contributed by atoms with Gasteiger partial charge in [-0.1, -0.05) is 29.8 Å². The lowest BCUT2D eigenvalue weighted by molar-refractivity contribution is 0.508. The highest BCUT2D eigenvalue weighted by Gasteiger charge is 2.09. The average molecular weight is 254 g/mol. The molecule has 0 bridgehead atoms. The second-order valence-electron chi connectivity index (χ2n) is 3.73. The molecule has 0 fully saturated rings. The van der Waals surface area contributed by atoms with E-state index in [1.807, 2.05) is 12.1 Å². The van der Waals surface area contributed by atoms with E-state index in [2.05, 4.69) is 0 Å². The second-order valence-corrected chi connectivity index (χ2v) is 4.14. The van der Waals surface area contributed by atoms with Crippen LogP contribution in [0.5, 0.6) is 0 Å². The minimum absolute atomic E-state index is 0.226. The van der Waals surface area contributed by atoms with E-state index in [-0.39, 0.29) is 5.69 Å². The van der Waals surface area contributed by atoms with E-state index in [0.29, 0.717) is 17.0 Å². The van der Waals surface area contributed by atoms with E-state index in [0.717, 1.165) is 17.7 Å². The highest BCUT2D eigenvalue weighted by atomic mass is 35.5. The van der Waals surface area contributed by atoms with Crippen molar-refractivity contribution in [3.8, 4) is 0 Å². The third kappa shape index (κ3) is 2.56. The van der Waals surface area contributed by atoms with Crippen molar-refractivity contribution < 1.29 is 8.78 Å². The Morgan fingerprint density at radius 3 is 2.35 bits per heavy atom. The fraction of sp³-hybridized carbons (Fsp3) is 0.0769. The minimum Gasteiger partial charge on any atom is -0.398 e. The van der Waals surface area contributed by atoms with Crippen LogP contribution in [-0.2, 0) is 6.42 Å². The Hall–Kier alpha value is -1.61. The van der Waals surface area contributed by atoms with Crippen molar-refractivity contribution >= 4 is 17.3 Å². The van der Waals surface area contributed by atoms with Crippen LogP contribution in [0, 0.1) is 11.6 Å². The number of rotatable bonds is 2. The number of hydrogen-bond acceptors (Lipinski definition) is 1. The predicted octanol–water partition coefficient (Wildman–Crippen LogP) is 3.79. The minimum atomic E-state index is -0.939. The van der Waals surface area contributed by atoms with Crippen molar-refractivity contribution in [2.75, 3.05) is 5.73 Å². The van der Waals surface area contributed by atoms with E-state index in [9.17, 15) is 8.78 Å². The van der Waals surface area contributed by atoms with Gasteiger partial charge in [-0.2, -0.15) is 0 Å². The van der Waals surface area contributed by atoms with Gasteiger partial charge in [0.1, 0.15) is 0 Å². The Bertz CT molecular complexity index is 555. The number of hydrogen-bond donors (Lipinski definition) is 1. The van der Waals surface area contributed by atoms with Crippen molar-refractivity contribution in [3.05, 3.63) is 64.2 Å². The van der Waals surface area contributed by atoms with Crippen LogP contribution in [0.25, 0.3) is 0 Å². The fourth-order valence-electron chi connectivity index (χ4n) is 1.60. The molecule has 0 amide bonds. The summed E-state index contributed by atoms with van der Waals surface area (Å²) < 4.78 is 26.0.